The number of para-hydroxylation sites is 1. The number of hydrogen-bond acceptors (Lipinski definition) is 3. The second kappa shape index (κ2) is 5.13. The van der Waals surface area contributed by atoms with Crippen LogP contribution in [0.25, 0.3) is 0 Å². The highest BCUT2D eigenvalue weighted by Crippen LogP contribution is 2.39. The van der Waals surface area contributed by atoms with Crippen LogP contribution in [-0.2, 0) is 15.6 Å². The summed E-state index contributed by atoms with van der Waals surface area (Å²) >= 11 is 0. The van der Waals surface area contributed by atoms with Gasteiger partial charge in [0.15, 0.2) is 0 Å². The molecule has 0 atom stereocenters. The zero-order valence-electron chi connectivity index (χ0n) is 11.6. The first kappa shape index (κ1) is 14.3. The van der Waals surface area contributed by atoms with E-state index in [-0.39, 0.29) is 0 Å². The molecule has 2 N–H and O–H groups in total. The average molecular weight is 282 g/mol. The fraction of sp³-hybridized carbons (Fsp3) is 0.571. The number of anilines is 1. The predicted octanol–water partition coefficient (Wildman–Crippen LogP) is 2.20. The Morgan fingerprint density at radius 2 is 1.74 bits per heavy atom. The van der Waals surface area contributed by atoms with Crippen molar-refractivity contribution in [1.82, 2.24) is 0 Å². The molecule has 1 saturated carbocycles. The molecule has 106 valence electrons. The predicted molar refractivity (Wildman–Crippen MR) is 78.6 cm³/mol. The molecule has 0 aromatic heterocycles. The summed E-state index contributed by atoms with van der Waals surface area (Å²) in [4.78, 5) is 0. The number of nitrogens with zero attached hydrogens (tertiary/aromatic N) is 1. The summed E-state index contributed by atoms with van der Waals surface area (Å²) in [5.41, 5.74) is 7.80. The molecule has 19 heavy (non-hydrogen) atoms. The van der Waals surface area contributed by atoms with E-state index in [4.69, 9.17) is 5.73 Å². The van der Waals surface area contributed by atoms with Crippen LogP contribution in [0.15, 0.2) is 24.3 Å². The van der Waals surface area contributed by atoms with Gasteiger partial charge in [-0.1, -0.05) is 37.5 Å². The van der Waals surface area contributed by atoms with Crippen molar-refractivity contribution in [2.75, 3.05) is 17.6 Å². The molecule has 5 heteroatoms. The van der Waals surface area contributed by atoms with Crippen LogP contribution >= 0.6 is 0 Å². The van der Waals surface area contributed by atoms with Crippen molar-refractivity contribution in [3.63, 3.8) is 0 Å². The third-order valence-corrected chi connectivity index (χ3v) is 5.21. The van der Waals surface area contributed by atoms with Crippen molar-refractivity contribution in [2.24, 2.45) is 5.73 Å². The van der Waals surface area contributed by atoms with Gasteiger partial charge in [-0.2, -0.15) is 0 Å². The zero-order valence-corrected chi connectivity index (χ0v) is 12.4. The average Bonchev–Trinajstić information content (AvgIpc) is 2.38. The SMILES string of the molecule is CN(c1ccccc1C1(N)CCCCC1)S(C)(=O)=O. The molecule has 1 aliphatic carbocycles. The van der Waals surface area contributed by atoms with Gasteiger partial charge < -0.3 is 5.73 Å². The highest BCUT2D eigenvalue weighted by Gasteiger charge is 2.33. The van der Waals surface area contributed by atoms with Crippen molar-refractivity contribution in [3.05, 3.63) is 29.8 Å². The Balaban J connectivity index is 2.47. The molecule has 0 aliphatic heterocycles. The lowest BCUT2D eigenvalue weighted by atomic mass is 9.77. The number of nitrogens with two attached hydrogens (primary N) is 1. The topological polar surface area (TPSA) is 63.4 Å². The first-order valence-corrected chi connectivity index (χ1v) is 8.52. The second-order valence-corrected chi connectivity index (χ2v) is 7.48. The van der Waals surface area contributed by atoms with Gasteiger partial charge in [0.25, 0.3) is 0 Å². The van der Waals surface area contributed by atoms with Crippen LogP contribution in [0.1, 0.15) is 37.7 Å². The van der Waals surface area contributed by atoms with E-state index in [1.165, 1.54) is 17.0 Å². The van der Waals surface area contributed by atoms with Gasteiger partial charge in [-0.25, -0.2) is 8.42 Å². The minimum atomic E-state index is -3.27. The molecule has 1 fully saturated rings. The maximum absolute atomic E-state index is 11.8. The summed E-state index contributed by atoms with van der Waals surface area (Å²) in [6.07, 6.45) is 6.47. The molecule has 0 saturated heterocycles. The van der Waals surface area contributed by atoms with Gasteiger partial charge in [0.05, 0.1) is 11.9 Å². The van der Waals surface area contributed by atoms with E-state index < -0.39 is 15.6 Å². The molecule has 2 rings (SSSR count). The second-order valence-electron chi connectivity index (χ2n) is 5.46. The highest BCUT2D eigenvalue weighted by molar-refractivity contribution is 7.92. The fourth-order valence-corrected chi connectivity index (χ4v) is 3.32. The van der Waals surface area contributed by atoms with Gasteiger partial charge in [0, 0.05) is 12.6 Å². The maximum atomic E-state index is 11.8. The van der Waals surface area contributed by atoms with E-state index in [1.807, 2.05) is 24.3 Å². The molecule has 0 spiro atoms. The Kier molecular flexibility index (Phi) is 3.87. The smallest absolute Gasteiger partial charge is 0.232 e. The normalized spacial score (nSPS) is 19.1. The molecule has 0 radical (unpaired) electrons. The Hall–Kier alpha value is -1.07. The summed E-state index contributed by atoms with van der Waals surface area (Å²) in [6.45, 7) is 0. The standard InChI is InChI=1S/C14H22N2O2S/c1-16(19(2,17)18)13-9-5-4-8-12(13)14(15)10-6-3-7-11-14/h4-5,8-9H,3,6-7,10-11,15H2,1-2H3. The first-order chi connectivity index (χ1) is 8.84. The van der Waals surface area contributed by atoms with Crippen molar-refractivity contribution < 1.29 is 8.42 Å². The lowest BCUT2D eigenvalue weighted by Crippen LogP contribution is -2.40. The largest absolute Gasteiger partial charge is 0.321 e. The third-order valence-electron chi connectivity index (χ3n) is 4.02. The zero-order chi connectivity index (χ0) is 14.1. The quantitative estimate of drug-likeness (QED) is 0.924. The van der Waals surface area contributed by atoms with Gasteiger partial charge in [-0.15, -0.1) is 0 Å². The van der Waals surface area contributed by atoms with Crippen molar-refractivity contribution in [1.29, 1.82) is 0 Å². The van der Waals surface area contributed by atoms with Crippen LogP contribution in [0.3, 0.4) is 0 Å². The maximum Gasteiger partial charge on any atom is 0.232 e. The molecule has 0 bridgehead atoms. The Labute approximate surface area is 115 Å². The Bertz CT molecular complexity index is 548. The molecule has 0 amide bonds. The van der Waals surface area contributed by atoms with Gasteiger partial charge in [0.1, 0.15) is 0 Å². The van der Waals surface area contributed by atoms with E-state index >= 15 is 0 Å². The van der Waals surface area contributed by atoms with E-state index in [2.05, 4.69) is 0 Å². The number of benzene rings is 1. The number of rotatable bonds is 3. The molecule has 1 aromatic carbocycles. The molecule has 1 aromatic rings. The van der Waals surface area contributed by atoms with Crippen LogP contribution in [0, 0.1) is 0 Å². The van der Waals surface area contributed by atoms with Gasteiger partial charge in [-0.05, 0) is 24.5 Å². The Morgan fingerprint density at radius 1 is 1.16 bits per heavy atom. The van der Waals surface area contributed by atoms with E-state index in [1.54, 1.807) is 7.05 Å². The van der Waals surface area contributed by atoms with Crippen LogP contribution in [0.5, 0.6) is 0 Å². The van der Waals surface area contributed by atoms with Crippen molar-refractivity contribution in [3.8, 4) is 0 Å². The molecular weight excluding hydrogens is 260 g/mol. The monoisotopic (exact) mass is 282 g/mol. The Morgan fingerprint density at radius 3 is 2.32 bits per heavy atom. The summed E-state index contributed by atoms with van der Waals surface area (Å²) in [6, 6.07) is 7.58. The number of hydrogen-bond donors (Lipinski definition) is 1. The highest BCUT2D eigenvalue weighted by atomic mass is 32.2. The van der Waals surface area contributed by atoms with E-state index in [9.17, 15) is 8.42 Å². The van der Waals surface area contributed by atoms with Crippen molar-refractivity contribution in [2.45, 2.75) is 37.6 Å². The summed E-state index contributed by atoms with van der Waals surface area (Å²) in [7, 11) is -1.68. The molecule has 4 nitrogen and oxygen atoms in total. The lowest BCUT2D eigenvalue weighted by Gasteiger charge is -2.36. The van der Waals surface area contributed by atoms with Gasteiger partial charge in [0.2, 0.25) is 10.0 Å². The molecule has 1 aliphatic rings. The lowest BCUT2D eigenvalue weighted by molar-refractivity contribution is 0.303. The van der Waals surface area contributed by atoms with Crippen LogP contribution in [0.2, 0.25) is 0 Å². The van der Waals surface area contributed by atoms with Crippen molar-refractivity contribution >= 4 is 15.7 Å². The van der Waals surface area contributed by atoms with E-state index in [0.29, 0.717) is 5.69 Å². The minimum Gasteiger partial charge on any atom is -0.321 e. The summed E-state index contributed by atoms with van der Waals surface area (Å²) < 4.78 is 24.8. The molecule has 0 unspecified atom stereocenters. The van der Waals surface area contributed by atoms with Crippen LogP contribution in [-0.4, -0.2) is 21.7 Å². The van der Waals surface area contributed by atoms with Crippen LogP contribution in [0.4, 0.5) is 5.69 Å². The van der Waals surface area contributed by atoms with E-state index in [0.717, 1.165) is 31.2 Å². The first-order valence-electron chi connectivity index (χ1n) is 6.67. The summed E-state index contributed by atoms with van der Waals surface area (Å²) in [5, 5.41) is 0. The van der Waals surface area contributed by atoms with Crippen LogP contribution < -0.4 is 10.0 Å². The molecular formula is C14H22N2O2S. The molecule has 0 heterocycles. The number of sulfonamides is 1. The van der Waals surface area contributed by atoms with Gasteiger partial charge in [-0.3, -0.25) is 4.31 Å². The third kappa shape index (κ3) is 2.92. The van der Waals surface area contributed by atoms with Gasteiger partial charge >= 0.3 is 0 Å². The fourth-order valence-electron chi connectivity index (χ4n) is 2.80. The minimum absolute atomic E-state index is 0.395. The summed E-state index contributed by atoms with van der Waals surface area (Å²) in [5.74, 6) is 0.